The lowest BCUT2D eigenvalue weighted by atomic mass is 10.1. The first kappa shape index (κ1) is 13.9. The Kier molecular flexibility index (Phi) is 3.55. The smallest absolute Gasteiger partial charge is 0.358 e. The molecule has 2 aromatic rings. The van der Waals surface area contributed by atoms with E-state index in [9.17, 15) is 4.79 Å². The van der Waals surface area contributed by atoms with Gasteiger partial charge in [-0.1, -0.05) is 23.7 Å². The van der Waals surface area contributed by atoms with Crippen LogP contribution in [-0.2, 0) is 19.4 Å². The Labute approximate surface area is 126 Å². The highest BCUT2D eigenvalue weighted by Crippen LogP contribution is 2.33. The topological polar surface area (TPSA) is 77.2 Å². The monoisotopic (exact) mass is 307 g/mol. The molecule has 6 nitrogen and oxygen atoms in total. The summed E-state index contributed by atoms with van der Waals surface area (Å²) in [5, 5.41) is 17.4. The van der Waals surface area contributed by atoms with Gasteiger partial charge in [-0.25, -0.2) is 9.48 Å². The average Bonchev–Trinajstić information content (AvgIpc) is 3.04. The van der Waals surface area contributed by atoms with Crippen LogP contribution >= 0.6 is 11.6 Å². The van der Waals surface area contributed by atoms with Crippen LogP contribution in [-0.4, -0.2) is 32.7 Å². The molecule has 0 bridgehead atoms. The number of aromatic nitrogens is 3. The summed E-state index contributed by atoms with van der Waals surface area (Å²) in [6, 6.07) is 3.73. The van der Waals surface area contributed by atoms with E-state index in [1.54, 1.807) is 4.68 Å². The molecular weight excluding hydrogens is 294 g/mol. The van der Waals surface area contributed by atoms with Crippen molar-refractivity contribution in [3.63, 3.8) is 0 Å². The van der Waals surface area contributed by atoms with Crippen LogP contribution in [0.2, 0.25) is 5.02 Å². The molecule has 0 unspecified atom stereocenters. The minimum Gasteiger partial charge on any atom is -0.493 e. The van der Waals surface area contributed by atoms with Gasteiger partial charge in [0.25, 0.3) is 0 Å². The van der Waals surface area contributed by atoms with E-state index in [1.807, 2.05) is 19.1 Å². The van der Waals surface area contributed by atoms with E-state index < -0.39 is 5.97 Å². The van der Waals surface area contributed by atoms with Crippen molar-refractivity contribution < 1.29 is 14.6 Å². The molecule has 0 aliphatic carbocycles. The fourth-order valence-corrected chi connectivity index (χ4v) is 2.86. The fraction of sp³-hybridized carbons (Fsp3) is 0.357. The molecule has 1 aromatic carbocycles. The van der Waals surface area contributed by atoms with Crippen LogP contribution in [0.15, 0.2) is 12.1 Å². The summed E-state index contributed by atoms with van der Waals surface area (Å²) in [6.07, 6.45) is 1.37. The summed E-state index contributed by atoms with van der Waals surface area (Å²) >= 11 is 6.13. The van der Waals surface area contributed by atoms with Crippen molar-refractivity contribution in [2.75, 3.05) is 6.61 Å². The van der Waals surface area contributed by atoms with Gasteiger partial charge < -0.3 is 9.84 Å². The maximum atomic E-state index is 11.1. The summed E-state index contributed by atoms with van der Waals surface area (Å²) in [4.78, 5) is 11.1. The molecule has 1 aliphatic rings. The van der Waals surface area contributed by atoms with Crippen LogP contribution in [0.4, 0.5) is 0 Å². The molecule has 0 atom stereocenters. The Hall–Kier alpha value is -2.08. The highest BCUT2D eigenvalue weighted by molar-refractivity contribution is 6.30. The van der Waals surface area contributed by atoms with E-state index in [0.717, 1.165) is 23.3 Å². The number of hydrogen-bond acceptors (Lipinski definition) is 4. The van der Waals surface area contributed by atoms with Crippen LogP contribution in [0, 0.1) is 0 Å². The van der Waals surface area contributed by atoms with Gasteiger partial charge in [-0.05, 0) is 24.1 Å². The molecule has 0 saturated carbocycles. The molecule has 7 heteroatoms. The number of benzene rings is 1. The second kappa shape index (κ2) is 5.37. The third-order valence-electron chi connectivity index (χ3n) is 3.52. The zero-order valence-corrected chi connectivity index (χ0v) is 12.2. The largest absolute Gasteiger partial charge is 0.493 e. The first-order valence-electron chi connectivity index (χ1n) is 6.70. The second-order valence-electron chi connectivity index (χ2n) is 4.85. The number of aromatic carboxylic acids is 1. The van der Waals surface area contributed by atoms with Gasteiger partial charge in [-0.2, -0.15) is 0 Å². The molecule has 21 heavy (non-hydrogen) atoms. The number of ether oxygens (including phenoxy) is 1. The van der Waals surface area contributed by atoms with E-state index >= 15 is 0 Å². The molecule has 3 rings (SSSR count). The normalized spacial score (nSPS) is 13.0. The summed E-state index contributed by atoms with van der Waals surface area (Å²) in [5.74, 6) is -0.237. The SMILES string of the molecule is CCc1c(C(=O)O)nnn1Cc1cc(Cl)cc2c1OCC2. The Morgan fingerprint density at radius 2 is 2.33 bits per heavy atom. The van der Waals surface area contributed by atoms with Gasteiger partial charge in [0, 0.05) is 17.0 Å². The number of fused-ring (bicyclic) bond motifs is 1. The van der Waals surface area contributed by atoms with Crippen LogP contribution in [0.25, 0.3) is 0 Å². The lowest BCUT2D eigenvalue weighted by Crippen LogP contribution is -2.09. The predicted molar refractivity (Wildman–Crippen MR) is 76.1 cm³/mol. The van der Waals surface area contributed by atoms with Gasteiger partial charge in [0.1, 0.15) is 5.75 Å². The third-order valence-corrected chi connectivity index (χ3v) is 3.74. The van der Waals surface area contributed by atoms with E-state index in [4.69, 9.17) is 21.4 Å². The summed E-state index contributed by atoms with van der Waals surface area (Å²) < 4.78 is 7.24. The molecular formula is C14H14ClN3O3. The number of carbonyl (C=O) groups is 1. The van der Waals surface area contributed by atoms with Crippen LogP contribution in [0.5, 0.6) is 5.75 Å². The first-order valence-corrected chi connectivity index (χ1v) is 7.07. The molecule has 1 N–H and O–H groups in total. The molecule has 0 amide bonds. The van der Waals surface area contributed by atoms with E-state index in [0.29, 0.717) is 30.3 Å². The third kappa shape index (κ3) is 2.47. The second-order valence-corrected chi connectivity index (χ2v) is 5.29. The summed E-state index contributed by atoms with van der Waals surface area (Å²) in [7, 11) is 0. The van der Waals surface area contributed by atoms with Gasteiger partial charge >= 0.3 is 5.97 Å². The molecule has 0 radical (unpaired) electrons. The number of rotatable bonds is 4. The summed E-state index contributed by atoms with van der Waals surface area (Å²) in [5.41, 5.74) is 2.56. The maximum Gasteiger partial charge on any atom is 0.358 e. The van der Waals surface area contributed by atoms with Crippen LogP contribution in [0.1, 0.15) is 34.2 Å². The molecule has 1 aliphatic heterocycles. The number of carboxylic acids is 1. The van der Waals surface area contributed by atoms with Crippen molar-refractivity contribution in [2.24, 2.45) is 0 Å². The highest BCUT2D eigenvalue weighted by Gasteiger charge is 2.21. The van der Waals surface area contributed by atoms with Crippen molar-refractivity contribution >= 4 is 17.6 Å². The van der Waals surface area contributed by atoms with Gasteiger partial charge in [-0.3, -0.25) is 0 Å². The molecule has 0 saturated heterocycles. The Bertz CT molecular complexity index is 712. The van der Waals surface area contributed by atoms with E-state index in [-0.39, 0.29) is 5.69 Å². The van der Waals surface area contributed by atoms with Gasteiger partial charge in [0.2, 0.25) is 0 Å². The van der Waals surface area contributed by atoms with Crippen LogP contribution in [0.3, 0.4) is 0 Å². The van der Waals surface area contributed by atoms with Crippen molar-refractivity contribution in [2.45, 2.75) is 26.3 Å². The number of carboxylic acid groups (broad SMARTS) is 1. The van der Waals surface area contributed by atoms with E-state index in [1.165, 1.54) is 0 Å². The zero-order chi connectivity index (χ0) is 15.0. The molecule has 0 spiro atoms. The maximum absolute atomic E-state index is 11.1. The van der Waals surface area contributed by atoms with Crippen molar-refractivity contribution in [3.05, 3.63) is 39.7 Å². The van der Waals surface area contributed by atoms with Crippen molar-refractivity contribution in [1.29, 1.82) is 0 Å². The molecule has 110 valence electrons. The fourth-order valence-electron chi connectivity index (χ4n) is 2.60. The van der Waals surface area contributed by atoms with Crippen LogP contribution < -0.4 is 4.74 Å². The first-order chi connectivity index (χ1) is 10.1. The minimum atomic E-state index is -1.06. The minimum absolute atomic E-state index is 0.00269. The predicted octanol–water partition coefficient (Wildman–Crippen LogP) is 2.18. The number of halogens is 1. The van der Waals surface area contributed by atoms with Gasteiger partial charge in [-0.15, -0.1) is 5.10 Å². The van der Waals surface area contributed by atoms with Gasteiger partial charge in [0.15, 0.2) is 5.69 Å². The van der Waals surface area contributed by atoms with Crippen molar-refractivity contribution in [1.82, 2.24) is 15.0 Å². The molecule has 1 aromatic heterocycles. The zero-order valence-electron chi connectivity index (χ0n) is 11.5. The van der Waals surface area contributed by atoms with Gasteiger partial charge in [0.05, 0.1) is 18.8 Å². The Morgan fingerprint density at radius 3 is 3.05 bits per heavy atom. The molecule has 2 heterocycles. The van der Waals surface area contributed by atoms with Crippen molar-refractivity contribution in [3.8, 4) is 5.75 Å². The lowest BCUT2D eigenvalue weighted by molar-refractivity contribution is 0.0689. The quantitative estimate of drug-likeness (QED) is 0.936. The standard InChI is InChI=1S/C14H14ClN3O3/c1-2-11-12(14(19)20)16-17-18(11)7-9-6-10(15)5-8-3-4-21-13(8)9/h5-6H,2-4,7H2,1H3,(H,19,20). The Balaban J connectivity index is 2.00. The summed E-state index contributed by atoms with van der Waals surface area (Å²) in [6.45, 7) is 2.91. The average molecular weight is 308 g/mol. The van der Waals surface area contributed by atoms with E-state index in [2.05, 4.69) is 10.3 Å². The molecule has 0 fully saturated rings. The highest BCUT2D eigenvalue weighted by atomic mass is 35.5. The lowest BCUT2D eigenvalue weighted by Gasteiger charge is -2.10. The number of nitrogens with zero attached hydrogens (tertiary/aromatic N) is 3. The Morgan fingerprint density at radius 1 is 1.52 bits per heavy atom. The number of hydrogen-bond donors (Lipinski definition) is 1.